The number of aryl methyl sites for hydroxylation is 1. The fourth-order valence-corrected chi connectivity index (χ4v) is 3.38. The summed E-state index contributed by atoms with van der Waals surface area (Å²) in [6.45, 7) is 2.06. The highest BCUT2D eigenvalue weighted by atomic mass is 32.1. The molecule has 6 heteroatoms. The number of amides is 1. The lowest BCUT2D eigenvalue weighted by molar-refractivity contribution is 0.102. The first-order chi connectivity index (χ1) is 12.2. The summed E-state index contributed by atoms with van der Waals surface area (Å²) in [7, 11) is 0. The molecule has 0 radical (unpaired) electrons. The van der Waals surface area contributed by atoms with Gasteiger partial charge in [0.25, 0.3) is 5.91 Å². The Morgan fingerprint density at radius 1 is 1.04 bits per heavy atom. The Hall–Kier alpha value is -3.12. The van der Waals surface area contributed by atoms with Gasteiger partial charge in [0.2, 0.25) is 0 Å². The van der Waals surface area contributed by atoms with Crippen molar-refractivity contribution in [3.05, 3.63) is 72.1 Å². The molecule has 3 aromatic heterocycles. The van der Waals surface area contributed by atoms with Crippen molar-refractivity contribution in [2.24, 2.45) is 0 Å². The highest BCUT2D eigenvalue weighted by Gasteiger charge is 2.12. The number of carbonyl (C=O) groups excluding carboxylic acids is 1. The van der Waals surface area contributed by atoms with E-state index in [1.54, 1.807) is 18.3 Å². The third-order valence-electron chi connectivity index (χ3n) is 3.82. The maximum Gasteiger partial charge on any atom is 0.259 e. The standard InChI is InChI=1S/C19H14N4OS/c1-12-5-2-3-7-14(12)15-8-9-16-18(21-15)25-19(22-16)23-17(24)13-6-4-10-20-11-13/h2-11H,1H3,(H,22,23,24). The zero-order valence-electron chi connectivity index (χ0n) is 13.4. The van der Waals surface area contributed by atoms with E-state index in [-0.39, 0.29) is 5.91 Å². The predicted molar refractivity (Wildman–Crippen MR) is 99.8 cm³/mol. The van der Waals surface area contributed by atoms with Gasteiger partial charge in [0.15, 0.2) is 5.13 Å². The van der Waals surface area contributed by atoms with Gasteiger partial charge in [-0.3, -0.25) is 15.1 Å². The fourth-order valence-electron chi connectivity index (χ4n) is 2.55. The number of fused-ring (bicyclic) bond motifs is 1. The number of pyridine rings is 2. The van der Waals surface area contributed by atoms with Gasteiger partial charge in [-0.05, 0) is 36.8 Å². The van der Waals surface area contributed by atoms with Crippen LogP contribution < -0.4 is 5.32 Å². The van der Waals surface area contributed by atoms with Crippen LogP contribution in [0.25, 0.3) is 21.6 Å². The lowest BCUT2D eigenvalue weighted by atomic mass is 10.1. The van der Waals surface area contributed by atoms with Crippen LogP contribution in [0, 0.1) is 6.92 Å². The molecule has 1 amide bonds. The van der Waals surface area contributed by atoms with Crippen LogP contribution in [0.3, 0.4) is 0 Å². The maximum atomic E-state index is 12.2. The van der Waals surface area contributed by atoms with Gasteiger partial charge >= 0.3 is 0 Å². The number of rotatable bonds is 3. The second kappa shape index (κ2) is 6.41. The molecule has 0 spiro atoms. The lowest BCUT2D eigenvalue weighted by Gasteiger charge is -2.03. The zero-order chi connectivity index (χ0) is 17.2. The van der Waals surface area contributed by atoms with Crippen molar-refractivity contribution in [3.63, 3.8) is 0 Å². The molecule has 1 aromatic carbocycles. The number of nitrogens with zero attached hydrogens (tertiary/aromatic N) is 3. The first kappa shape index (κ1) is 15.4. The molecule has 3 heterocycles. The van der Waals surface area contributed by atoms with Crippen LogP contribution >= 0.6 is 11.3 Å². The fraction of sp³-hybridized carbons (Fsp3) is 0.0526. The number of carbonyl (C=O) groups is 1. The Morgan fingerprint density at radius 2 is 1.92 bits per heavy atom. The number of benzene rings is 1. The Labute approximate surface area is 148 Å². The third-order valence-corrected chi connectivity index (χ3v) is 4.70. The van der Waals surface area contributed by atoms with Crippen molar-refractivity contribution in [1.29, 1.82) is 0 Å². The van der Waals surface area contributed by atoms with Gasteiger partial charge in [0, 0.05) is 18.0 Å². The highest BCUT2D eigenvalue weighted by Crippen LogP contribution is 2.29. The van der Waals surface area contributed by atoms with Crippen LogP contribution in [-0.4, -0.2) is 20.9 Å². The number of hydrogen-bond donors (Lipinski definition) is 1. The summed E-state index contributed by atoms with van der Waals surface area (Å²) in [6.07, 6.45) is 3.16. The number of hydrogen-bond acceptors (Lipinski definition) is 5. The Morgan fingerprint density at radius 3 is 2.72 bits per heavy atom. The maximum absolute atomic E-state index is 12.2. The van der Waals surface area contributed by atoms with E-state index in [9.17, 15) is 4.79 Å². The van der Waals surface area contributed by atoms with E-state index in [2.05, 4.69) is 34.3 Å². The first-order valence-electron chi connectivity index (χ1n) is 7.76. The largest absolute Gasteiger partial charge is 0.298 e. The zero-order valence-corrected chi connectivity index (χ0v) is 14.2. The van der Waals surface area contributed by atoms with Crippen LogP contribution in [-0.2, 0) is 0 Å². The second-order valence-corrected chi connectivity index (χ2v) is 6.53. The van der Waals surface area contributed by atoms with E-state index in [0.717, 1.165) is 21.6 Å². The number of nitrogens with one attached hydrogen (secondary N) is 1. The SMILES string of the molecule is Cc1ccccc1-c1ccc2nc(NC(=O)c3cccnc3)sc2n1. The van der Waals surface area contributed by atoms with Crippen molar-refractivity contribution >= 4 is 32.7 Å². The summed E-state index contributed by atoms with van der Waals surface area (Å²) in [5.41, 5.74) is 4.43. The van der Waals surface area contributed by atoms with Gasteiger partial charge in [0.05, 0.1) is 11.3 Å². The summed E-state index contributed by atoms with van der Waals surface area (Å²) in [4.78, 5) is 26.1. The number of thiazole rings is 1. The van der Waals surface area contributed by atoms with Crippen molar-refractivity contribution in [2.45, 2.75) is 6.92 Å². The van der Waals surface area contributed by atoms with E-state index < -0.39 is 0 Å². The third kappa shape index (κ3) is 3.12. The van der Waals surface area contributed by atoms with Crippen LogP contribution in [0.4, 0.5) is 5.13 Å². The molecular weight excluding hydrogens is 332 g/mol. The molecule has 0 unspecified atom stereocenters. The highest BCUT2D eigenvalue weighted by molar-refractivity contribution is 7.22. The quantitative estimate of drug-likeness (QED) is 0.600. The minimum absolute atomic E-state index is 0.230. The molecule has 0 atom stereocenters. The van der Waals surface area contributed by atoms with E-state index in [0.29, 0.717) is 10.7 Å². The Balaban J connectivity index is 1.65. The van der Waals surface area contributed by atoms with Gasteiger partial charge in [0.1, 0.15) is 10.3 Å². The number of aromatic nitrogens is 3. The molecule has 0 bridgehead atoms. The van der Waals surface area contributed by atoms with Crippen LogP contribution in [0.1, 0.15) is 15.9 Å². The summed E-state index contributed by atoms with van der Waals surface area (Å²) in [5.74, 6) is -0.230. The van der Waals surface area contributed by atoms with E-state index in [1.807, 2.05) is 24.3 Å². The molecular formula is C19H14N4OS. The van der Waals surface area contributed by atoms with Crippen molar-refractivity contribution in [1.82, 2.24) is 15.0 Å². The number of anilines is 1. The topological polar surface area (TPSA) is 67.8 Å². The van der Waals surface area contributed by atoms with Gasteiger partial charge in [-0.15, -0.1) is 0 Å². The van der Waals surface area contributed by atoms with Gasteiger partial charge in [-0.25, -0.2) is 9.97 Å². The Bertz CT molecular complexity index is 1060. The molecule has 122 valence electrons. The average Bonchev–Trinajstić information content (AvgIpc) is 3.04. The van der Waals surface area contributed by atoms with Gasteiger partial charge < -0.3 is 0 Å². The lowest BCUT2D eigenvalue weighted by Crippen LogP contribution is -2.11. The molecule has 4 aromatic rings. The van der Waals surface area contributed by atoms with Crippen molar-refractivity contribution < 1.29 is 4.79 Å². The molecule has 0 aliphatic rings. The smallest absolute Gasteiger partial charge is 0.259 e. The van der Waals surface area contributed by atoms with Crippen LogP contribution in [0.5, 0.6) is 0 Å². The summed E-state index contributed by atoms with van der Waals surface area (Å²) >= 11 is 1.36. The average molecular weight is 346 g/mol. The molecule has 0 saturated heterocycles. The molecule has 0 aliphatic carbocycles. The van der Waals surface area contributed by atoms with Crippen LogP contribution in [0.15, 0.2) is 60.9 Å². The summed E-state index contributed by atoms with van der Waals surface area (Å²) in [6, 6.07) is 15.4. The van der Waals surface area contributed by atoms with Crippen molar-refractivity contribution in [3.8, 4) is 11.3 Å². The first-order valence-corrected chi connectivity index (χ1v) is 8.57. The normalized spacial score (nSPS) is 10.8. The molecule has 5 nitrogen and oxygen atoms in total. The second-order valence-electron chi connectivity index (χ2n) is 5.55. The van der Waals surface area contributed by atoms with E-state index in [1.165, 1.54) is 23.1 Å². The summed E-state index contributed by atoms with van der Waals surface area (Å²) < 4.78 is 0. The minimum Gasteiger partial charge on any atom is -0.298 e. The molecule has 4 rings (SSSR count). The molecule has 1 N–H and O–H groups in total. The van der Waals surface area contributed by atoms with E-state index >= 15 is 0 Å². The molecule has 25 heavy (non-hydrogen) atoms. The van der Waals surface area contributed by atoms with Crippen molar-refractivity contribution in [2.75, 3.05) is 5.32 Å². The Kier molecular flexibility index (Phi) is 3.95. The molecule has 0 aliphatic heterocycles. The molecule has 0 saturated carbocycles. The van der Waals surface area contributed by atoms with Gasteiger partial charge in [-0.1, -0.05) is 35.6 Å². The van der Waals surface area contributed by atoms with Crippen LogP contribution in [0.2, 0.25) is 0 Å². The monoisotopic (exact) mass is 346 g/mol. The predicted octanol–water partition coefficient (Wildman–Crippen LogP) is 4.31. The summed E-state index contributed by atoms with van der Waals surface area (Å²) in [5, 5.41) is 3.33. The van der Waals surface area contributed by atoms with E-state index in [4.69, 9.17) is 4.98 Å². The molecule has 0 fully saturated rings. The minimum atomic E-state index is -0.230. The van der Waals surface area contributed by atoms with Gasteiger partial charge in [-0.2, -0.15) is 0 Å².